The molecule has 0 bridgehead atoms. The van der Waals surface area contributed by atoms with Crippen LogP contribution in [0.25, 0.3) is 5.03 Å². The SMILES string of the molecule is C=C(Cl)c1c(Cl)nc(NC(C)C)nc1Cl. The molecule has 6 heteroatoms. The minimum atomic E-state index is 0.193. The van der Waals surface area contributed by atoms with E-state index in [2.05, 4.69) is 21.9 Å². The molecular formula is C9H10Cl3N3. The second-order valence-electron chi connectivity index (χ2n) is 3.21. The molecule has 3 nitrogen and oxygen atoms in total. The van der Waals surface area contributed by atoms with E-state index in [0.717, 1.165) is 0 Å². The van der Waals surface area contributed by atoms with Crippen molar-refractivity contribution in [1.82, 2.24) is 9.97 Å². The van der Waals surface area contributed by atoms with E-state index < -0.39 is 0 Å². The third-order valence-electron chi connectivity index (χ3n) is 1.51. The second kappa shape index (κ2) is 5.01. The summed E-state index contributed by atoms with van der Waals surface area (Å²) in [7, 11) is 0. The van der Waals surface area contributed by atoms with Gasteiger partial charge in [-0.05, 0) is 13.8 Å². The summed E-state index contributed by atoms with van der Waals surface area (Å²) < 4.78 is 0. The van der Waals surface area contributed by atoms with Crippen LogP contribution >= 0.6 is 34.8 Å². The lowest BCUT2D eigenvalue weighted by molar-refractivity contribution is 0.874. The molecule has 0 unspecified atom stereocenters. The number of halogens is 3. The van der Waals surface area contributed by atoms with Gasteiger partial charge in [0, 0.05) is 11.1 Å². The van der Waals surface area contributed by atoms with Crippen molar-refractivity contribution in [2.75, 3.05) is 5.32 Å². The molecular weight excluding hydrogens is 256 g/mol. The maximum atomic E-state index is 5.89. The lowest BCUT2D eigenvalue weighted by atomic mass is 10.3. The van der Waals surface area contributed by atoms with Crippen molar-refractivity contribution < 1.29 is 0 Å². The molecule has 0 saturated heterocycles. The molecule has 15 heavy (non-hydrogen) atoms. The Morgan fingerprint density at radius 2 is 1.73 bits per heavy atom. The fraction of sp³-hybridized carbons (Fsp3) is 0.333. The van der Waals surface area contributed by atoms with Gasteiger partial charge in [-0.25, -0.2) is 9.97 Å². The van der Waals surface area contributed by atoms with Crippen LogP contribution in [0.2, 0.25) is 10.3 Å². The number of rotatable bonds is 3. The molecule has 1 rings (SSSR count). The summed E-state index contributed by atoms with van der Waals surface area (Å²) in [4.78, 5) is 8.02. The first-order valence-electron chi connectivity index (χ1n) is 4.26. The molecule has 1 aromatic rings. The van der Waals surface area contributed by atoms with Gasteiger partial charge in [-0.1, -0.05) is 41.4 Å². The van der Waals surface area contributed by atoms with Crippen LogP contribution in [0.1, 0.15) is 19.4 Å². The maximum absolute atomic E-state index is 5.89. The molecule has 0 saturated carbocycles. The van der Waals surface area contributed by atoms with Crippen molar-refractivity contribution in [3.63, 3.8) is 0 Å². The first-order chi connectivity index (χ1) is 6.91. The van der Waals surface area contributed by atoms with Gasteiger partial charge in [-0.3, -0.25) is 0 Å². The van der Waals surface area contributed by atoms with Gasteiger partial charge in [0.2, 0.25) is 5.95 Å². The number of nitrogens with one attached hydrogen (secondary N) is 1. The zero-order chi connectivity index (χ0) is 11.6. The van der Waals surface area contributed by atoms with Crippen LogP contribution in [0.15, 0.2) is 6.58 Å². The summed E-state index contributed by atoms with van der Waals surface area (Å²) in [6.07, 6.45) is 0. The average Bonchev–Trinajstić information content (AvgIpc) is 1.99. The van der Waals surface area contributed by atoms with Crippen molar-refractivity contribution >= 4 is 45.8 Å². The van der Waals surface area contributed by atoms with Crippen LogP contribution in [0, 0.1) is 0 Å². The number of anilines is 1. The van der Waals surface area contributed by atoms with Crippen LogP contribution in [0.4, 0.5) is 5.95 Å². The minimum Gasteiger partial charge on any atom is -0.352 e. The topological polar surface area (TPSA) is 37.8 Å². The fourth-order valence-electron chi connectivity index (χ4n) is 0.954. The molecule has 0 aromatic carbocycles. The van der Waals surface area contributed by atoms with Gasteiger partial charge in [0.15, 0.2) is 0 Å². The van der Waals surface area contributed by atoms with Crippen LogP contribution in [-0.4, -0.2) is 16.0 Å². The quantitative estimate of drug-likeness (QED) is 0.845. The molecule has 0 atom stereocenters. The molecule has 1 heterocycles. The minimum absolute atomic E-state index is 0.193. The highest BCUT2D eigenvalue weighted by Gasteiger charge is 2.13. The monoisotopic (exact) mass is 265 g/mol. The van der Waals surface area contributed by atoms with Crippen LogP contribution in [-0.2, 0) is 0 Å². The zero-order valence-corrected chi connectivity index (χ0v) is 10.6. The van der Waals surface area contributed by atoms with E-state index in [4.69, 9.17) is 34.8 Å². The molecule has 0 amide bonds. The second-order valence-corrected chi connectivity index (χ2v) is 4.38. The van der Waals surface area contributed by atoms with Gasteiger partial charge >= 0.3 is 0 Å². The van der Waals surface area contributed by atoms with Crippen LogP contribution < -0.4 is 5.32 Å². The first kappa shape index (κ1) is 12.6. The van der Waals surface area contributed by atoms with Crippen molar-refractivity contribution in [1.29, 1.82) is 0 Å². The molecule has 0 fully saturated rings. The van der Waals surface area contributed by atoms with Crippen molar-refractivity contribution in [2.45, 2.75) is 19.9 Å². The Kier molecular flexibility index (Phi) is 4.20. The molecule has 0 aliphatic carbocycles. The van der Waals surface area contributed by atoms with Gasteiger partial charge in [-0.15, -0.1) is 0 Å². The molecule has 1 aromatic heterocycles. The van der Waals surface area contributed by atoms with E-state index in [1.54, 1.807) is 0 Å². The largest absolute Gasteiger partial charge is 0.352 e. The van der Waals surface area contributed by atoms with Crippen LogP contribution in [0.5, 0.6) is 0 Å². The Hall–Kier alpha value is -0.510. The third kappa shape index (κ3) is 3.23. The predicted octanol–water partition coefficient (Wildman–Crippen LogP) is 3.81. The highest BCUT2D eigenvalue weighted by Crippen LogP contribution is 2.30. The summed E-state index contributed by atoms with van der Waals surface area (Å²) in [5, 5.41) is 3.60. The third-order valence-corrected chi connectivity index (χ3v) is 2.25. The number of hydrogen-bond donors (Lipinski definition) is 1. The maximum Gasteiger partial charge on any atom is 0.225 e. The van der Waals surface area contributed by atoms with Gasteiger partial charge in [0.1, 0.15) is 10.3 Å². The zero-order valence-electron chi connectivity index (χ0n) is 8.31. The average molecular weight is 267 g/mol. The van der Waals surface area contributed by atoms with E-state index in [9.17, 15) is 0 Å². The Balaban J connectivity index is 3.14. The Morgan fingerprint density at radius 3 is 2.07 bits per heavy atom. The number of hydrogen-bond acceptors (Lipinski definition) is 3. The molecule has 0 aliphatic heterocycles. The number of nitrogens with zero attached hydrogens (tertiary/aromatic N) is 2. The fourth-order valence-corrected chi connectivity index (χ4v) is 1.85. The summed E-state index contributed by atoms with van der Waals surface area (Å²) in [5.41, 5.74) is 0.370. The molecule has 0 radical (unpaired) electrons. The van der Waals surface area contributed by atoms with E-state index in [-0.39, 0.29) is 21.4 Å². The lowest BCUT2D eigenvalue weighted by Crippen LogP contribution is -2.13. The van der Waals surface area contributed by atoms with Gasteiger partial charge in [-0.2, -0.15) is 0 Å². The first-order valence-corrected chi connectivity index (χ1v) is 5.39. The van der Waals surface area contributed by atoms with Crippen molar-refractivity contribution in [3.8, 4) is 0 Å². The van der Waals surface area contributed by atoms with E-state index in [1.165, 1.54) is 0 Å². The molecule has 1 N–H and O–H groups in total. The molecule has 0 spiro atoms. The van der Waals surface area contributed by atoms with E-state index in [1.807, 2.05) is 13.8 Å². The van der Waals surface area contributed by atoms with Crippen LogP contribution in [0.3, 0.4) is 0 Å². The smallest absolute Gasteiger partial charge is 0.225 e. The Labute approximate surface area is 103 Å². The highest BCUT2D eigenvalue weighted by atomic mass is 35.5. The van der Waals surface area contributed by atoms with E-state index in [0.29, 0.717) is 11.5 Å². The summed E-state index contributed by atoms with van der Waals surface area (Å²) >= 11 is 17.5. The highest BCUT2D eigenvalue weighted by molar-refractivity contribution is 6.51. The number of aromatic nitrogens is 2. The Morgan fingerprint density at radius 1 is 1.27 bits per heavy atom. The lowest BCUT2D eigenvalue weighted by Gasteiger charge is -2.10. The standard InChI is InChI=1S/C9H10Cl3N3/c1-4(2)13-9-14-7(11)6(5(3)10)8(12)15-9/h4H,3H2,1-2H3,(H,13,14,15). The molecule has 0 aliphatic rings. The van der Waals surface area contributed by atoms with E-state index >= 15 is 0 Å². The summed E-state index contributed by atoms with van der Waals surface area (Å²) in [6.45, 7) is 7.45. The predicted molar refractivity (Wildman–Crippen MR) is 65.7 cm³/mol. The normalized spacial score (nSPS) is 10.5. The summed E-state index contributed by atoms with van der Waals surface area (Å²) in [5.74, 6) is 0.377. The molecule has 82 valence electrons. The van der Waals surface area contributed by atoms with Crippen molar-refractivity contribution in [3.05, 3.63) is 22.4 Å². The van der Waals surface area contributed by atoms with Gasteiger partial charge in [0.05, 0.1) is 5.56 Å². The Bertz CT molecular complexity index is 367. The summed E-state index contributed by atoms with van der Waals surface area (Å²) in [6, 6.07) is 0.196. The van der Waals surface area contributed by atoms with Gasteiger partial charge < -0.3 is 5.32 Å². The van der Waals surface area contributed by atoms with Crippen molar-refractivity contribution in [2.24, 2.45) is 0 Å². The van der Waals surface area contributed by atoms with Gasteiger partial charge in [0.25, 0.3) is 0 Å².